The molecule has 0 aromatic carbocycles. The van der Waals surface area contributed by atoms with Crippen LogP contribution >= 0.6 is 0 Å². The third kappa shape index (κ3) is 16.2. The van der Waals surface area contributed by atoms with Gasteiger partial charge in [0.1, 0.15) is 152 Å². The Kier molecular flexibility index (Phi) is 26.1. The minimum Gasteiger partial charge on any atom is -0.477 e. The molecular formula is C51H85N3O37. The molecule has 7 saturated heterocycles. The second kappa shape index (κ2) is 31.6. The SMILES string of the molecule is CC(=O)N[C@@H]1[C@@H](O[C@@H]2O[C@H](CO)[C@H](O)[C@H](O[C@@H]3O[C@H](CO)[C@@H](O[C@@H]4O[C@@H](C)[C@@H](O)[C@@H](O)[C@@H]4O)[C@H](O[C@@H]4O[C@H](CO)[C@H](O)[C@H](O[C@]5(C(=O)O)C[C@H](O)[C@@H](NC(C)=O)[C@H]([C@H](O)[C@H](O)CO)O5)[C@H]4O)[C@H]3NC(C)=O)[C@H]2O)[C@H](O[C@@H]2O[C@@H](C)[C@@H](O)[C@@H](O)[C@@H]2O)[C@@H](CO)O[C@H]1O. The van der Waals surface area contributed by atoms with Crippen molar-refractivity contribution in [1.82, 2.24) is 16.0 Å². The van der Waals surface area contributed by atoms with Crippen molar-refractivity contribution < 1.29 is 183 Å². The molecule has 0 spiro atoms. The summed E-state index contributed by atoms with van der Waals surface area (Å²) in [5.41, 5.74) is 0. The lowest BCUT2D eigenvalue weighted by Gasteiger charge is -2.52. The van der Waals surface area contributed by atoms with E-state index < -0.39 is 284 Å². The Morgan fingerprint density at radius 3 is 1.29 bits per heavy atom. The van der Waals surface area contributed by atoms with Gasteiger partial charge in [-0.1, -0.05) is 0 Å². The maximum Gasteiger partial charge on any atom is 0.364 e. The third-order valence-electron chi connectivity index (χ3n) is 16.6. The first-order valence-corrected chi connectivity index (χ1v) is 29.0. The van der Waals surface area contributed by atoms with Crippen molar-refractivity contribution in [3.05, 3.63) is 0 Å². The van der Waals surface area contributed by atoms with Gasteiger partial charge in [0.25, 0.3) is 5.79 Å². The first-order valence-electron chi connectivity index (χ1n) is 29.0. The lowest BCUT2D eigenvalue weighted by atomic mass is 9.88. The van der Waals surface area contributed by atoms with Crippen molar-refractivity contribution in [2.75, 3.05) is 33.0 Å². The minimum atomic E-state index is -3.31. The van der Waals surface area contributed by atoms with Crippen LogP contribution in [0.3, 0.4) is 0 Å². The predicted octanol–water partition coefficient (Wildman–Crippen LogP) is -14.6. The highest BCUT2D eigenvalue weighted by atomic mass is 16.8. The molecule has 91 heavy (non-hydrogen) atoms. The van der Waals surface area contributed by atoms with Crippen LogP contribution in [0.15, 0.2) is 0 Å². The summed E-state index contributed by atoms with van der Waals surface area (Å²) in [5, 5.41) is 227. The Labute approximate surface area is 516 Å². The van der Waals surface area contributed by atoms with E-state index in [1.54, 1.807) is 0 Å². The molecule has 3 amide bonds. The van der Waals surface area contributed by atoms with Gasteiger partial charge in [-0.2, -0.15) is 0 Å². The smallest absolute Gasteiger partial charge is 0.364 e. The van der Waals surface area contributed by atoms with Gasteiger partial charge in [0.15, 0.2) is 37.7 Å². The van der Waals surface area contributed by atoms with E-state index >= 15 is 0 Å². The summed E-state index contributed by atoms with van der Waals surface area (Å²) in [6.45, 7) is -0.385. The number of nitrogens with one attached hydrogen (secondary N) is 3. The number of carbonyl (C=O) groups excluding carboxylic acids is 3. The number of hydrogen-bond acceptors (Lipinski definition) is 36. The van der Waals surface area contributed by atoms with Gasteiger partial charge in [-0.05, 0) is 13.8 Å². The number of ether oxygens (including phenoxy) is 13. The summed E-state index contributed by atoms with van der Waals surface area (Å²) < 4.78 is 77.0. The van der Waals surface area contributed by atoms with Crippen LogP contribution in [0.25, 0.3) is 0 Å². The predicted molar refractivity (Wildman–Crippen MR) is 281 cm³/mol. The highest BCUT2D eigenvalue weighted by molar-refractivity contribution is 5.77. The lowest BCUT2D eigenvalue weighted by Crippen LogP contribution is -2.72. The summed E-state index contributed by atoms with van der Waals surface area (Å²) in [4.78, 5) is 51.6. The number of carboxylic acid groups (broad SMARTS) is 1. The molecule has 40 nitrogen and oxygen atoms in total. The van der Waals surface area contributed by atoms with Gasteiger partial charge in [0, 0.05) is 27.2 Å². The van der Waals surface area contributed by atoms with Crippen LogP contribution in [-0.4, -0.2) is 379 Å². The Morgan fingerprint density at radius 1 is 0.451 bits per heavy atom. The van der Waals surface area contributed by atoms with E-state index in [9.17, 15) is 121 Å². The lowest BCUT2D eigenvalue weighted by molar-refractivity contribution is -0.399. The molecule has 7 heterocycles. The fourth-order valence-electron chi connectivity index (χ4n) is 11.8. The van der Waals surface area contributed by atoms with E-state index in [1.165, 1.54) is 13.8 Å². The van der Waals surface area contributed by atoms with Crippen molar-refractivity contribution in [1.29, 1.82) is 0 Å². The van der Waals surface area contributed by atoms with E-state index in [1.807, 2.05) is 0 Å². The van der Waals surface area contributed by atoms with Gasteiger partial charge in [-0.3, -0.25) is 14.4 Å². The van der Waals surface area contributed by atoms with Crippen LogP contribution < -0.4 is 16.0 Å². The molecule has 7 rings (SSSR count). The molecule has 7 aliphatic rings. The van der Waals surface area contributed by atoms with Crippen molar-refractivity contribution in [3.63, 3.8) is 0 Å². The van der Waals surface area contributed by atoms with Gasteiger partial charge in [-0.15, -0.1) is 0 Å². The Bertz CT molecular complexity index is 2380. The largest absolute Gasteiger partial charge is 0.477 e. The summed E-state index contributed by atoms with van der Waals surface area (Å²) in [6.07, 6.45) is -66.7. The number of aliphatic carboxylic acids is 1. The normalized spacial score (nSPS) is 48.0. The Balaban J connectivity index is 1.27. The second-order valence-corrected chi connectivity index (χ2v) is 23.2. The van der Waals surface area contributed by atoms with E-state index in [4.69, 9.17) is 61.6 Å². The molecule has 0 saturated carbocycles. The average Bonchev–Trinajstić information content (AvgIpc) is 0.781. The van der Waals surface area contributed by atoms with Crippen molar-refractivity contribution in [2.24, 2.45) is 0 Å². The van der Waals surface area contributed by atoms with E-state index in [-0.39, 0.29) is 0 Å². The molecule has 0 aromatic rings. The van der Waals surface area contributed by atoms with Crippen LogP contribution in [0.1, 0.15) is 41.0 Å². The fourth-order valence-corrected chi connectivity index (χ4v) is 11.8. The quantitative estimate of drug-likeness (QED) is 0.0452. The monoisotopic (exact) mass is 1330 g/mol. The van der Waals surface area contributed by atoms with E-state index in [0.29, 0.717) is 0 Å². The number of aliphatic hydroxyl groups excluding tert-OH is 19. The third-order valence-corrected chi connectivity index (χ3v) is 16.6. The standard InChI is InChI=1S/C51H85N3O37/c1-12-26(65)31(70)33(72)46(79-12)85-37-21(10-58)81-44(76)24(53-15(4)61)40(37)87-48-35(74)42(29(68)19(8-56)82-48)89-45-25(54-16(5)62)41(38(22(11-59)84-45)86-47-34(73)32(71)27(66)13(2)80-47)88-49-36(75)43(30(69)20(9-57)83-49)91-51(50(77)78)6-17(63)23(52-14(3)60)39(90-51)28(67)18(64)7-55/h12-13,17-49,55-59,63-76H,6-11H2,1-5H3,(H,52,60)(H,53,61)(H,54,62)(H,77,78)/t12-,13-,17-,18+,19+,20+,21+,22+,23+,24+,25+,26+,27+,28+,29-,30-,31+,32+,33-,34-,35+,36+,37+,38+,39+,40+,41+,42-,43-,44+,45-,46-,47-,48-,49-,51-/m0/s1. The highest BCUT2D eigenvalue weighted by Gasteiger charge is 2.63. The van der Waals surface area contributed by atoms with Gasteiger partial charge in [0.05, 0.1) is 57.4 Å². The summed E-state index contributed by atoms with van der Waals surface area (Å²) in [7, 11) is 0. The maximum absolute atomic E-state index is 13.4. The number of carboxylic acids is 1. The highest BCUT2D eigenvalue weighted by Crippen LogP contribution is 2.41. The number of amides is 3. The molecule has 40 heteroatoms. The molecule has 7 aliphatic heterocycles. The van der Waals surface area contributed by atoms with Crippen LogP contribution in [-0.2, 0) is 80.8 Å². The Morgan fingerprint density at radius 2 is 0.835 bits per heavy atom. The second-order valence-electron chi connectivity index (χ2n) is 23.2. The number of carbonyl (C=O) groups is 4. The average molecular weight is 1330 g/mol. The van der Waals surface area contributed by atoms with Crippen molar-refractivity contribution in [3.8, 4) is 0 Å². The van der Waals surface area contributed by atoms with Crippen LogP contribution in [0.2, 0.25) is 0 Å². The zero-order valence-corrected chi connectivity index (χ0v) is 49.3. The molecule has 0 radical (unpaired) electrons. The van der Waals surface area contributed by atoms with Crippen LogP contribution in [0, 0.1) is 0 Å². The summed E-state index contributed by atoms with van der Waals surface area (Å²) in [6, 6.07) is -5.59. The molecule has 0 unspecified atom stereocenters. The molecule has 7 fully saturated rings. The Hall–Kier alpha value is -3.40. The van der Waals surface area contributed by atoms with Crippen LogP contribution in [0.4, 0.5) is 0 Å². The number of aliphatic hydroxyl groups is 19. The van der Waals surface area contributed by atoms with Gasteiger partial charge in [-0.25, -0.2) is 4.79 Å². The molecular weight excluding hydrogens is 1250 g/mol. The van der Waals surface area contributed by atoms with Gasteiger partial charge in [0.2, 0.25) is 17.7 Å². The van der Waals surface area contributed by atoms with Crippen LogP contribution in [0.5, 0.6) is 0 Å². The number of hydrogen-bond donors (Lipinski definition) is 23. The van der Waals surface area contributed by atoms with E-state index in [2.05, 4.69) is 16.0 Å². The first kappa shape index (κ1) is 75.0. The molecule has 0 aliphatic carbocycles. The zero-order valence-electron chi connectivity index (χ0n) is 49.3. The molecule has 23 N–H and O–H groups in total. The topological polar surface area (TPSA) is 629 Å². The molecule has 526 valence electrons. The van der Waals surface area contributed by atoms with E-state index in [0.717, 1.165) is 20.8 Å². The zero-order chi connectivity index (χ0) is 67.6. The van der Waals surface area contributed by atoms with Gasteiger partial charge >= 0.3 is 5.97 Å². The molecule has 0 bridgehead atoms. The summed E-state index contributed by atoms with van der Waals surface area (Å²) in [5.74, 6) is -8.20. The first-order chi connectivity index (χ1) is 42.8. The fraction of sp³-hybridized carbons (Fsp3) is 0.922. The number of rotatable bonds is 23. The molecule has 36 atom stereocenters. The van der Waals surface area contributed by atoms with Crippen molar-refractivity contribution >= 4 is 23.7 Å². The molecule has 0 aromatic heterocycles. The van der Waals surface area contributed by atoms with Gasteiger partial charge < -0.3 is 180 Å². The summed E-state index contributed by atoms with van der Waals surface area (Å²) >= 11 is 0. The minimum absolute atomic E-state index is 0.856. The maximum atomic E-state index is 13.4. The van der Waals surface area contributed by atoms with Crippen molar-refractivity contribution in [2.45, 2.75) is 261 Å².